The molecule has 2 heteroatoms. The SMILES string of the molecule is BrB1C2CC3CC(C2)CC1C3. The van der Waals surface area contributed by atoms with Gasteiger partial charge in [0.15, 0.2) is 0 Å². The minimum Gasteiger partial charge on any atom is -0.156 e. The van der Waals surface area contributed by atoms with Gasteiger partial charge in [-0.2, -0.15) is 15.8 Å². The molecule has 2 aliphatic heterocycles. The zero-order valence-electron chi connectivity index (χ0n) is 6.80. The topological polar surface area (TPSA) is 0 Å². The molecular formula is C9H14BBr. The van der Waals surface area contributed by atoms with Crippen molar-refractivity contribution in [3.05, 3.63) is 0 Å². The van der Waals surface area contributed by atoms with Crippen LogP contribution in [0.1, 0.15) is 32.1 Å². The van der Waals surface area contributed by atoms with E-state index in [2.05, 4.69) is 15.8 Å². The third-order valence-corrected chi connectivity index (χ3v) is 5.61. The first kappa shape index (κ1) is 7.00. The van der Waals surface area contributed by atoms with E-state index < -0.39 is 0 Å². The molecule has 11 heavy (non-hydrogen) atoms. The molecular weight excluding hydrogens is 199 g/mol. The van der Waals surface area contributed by atoms with Crippen molar-refractivity contribution in [2.24, 2.45) is 11.8 Å². The predicted molar refractivity (Wildman–Crippen MR) is 52.2 cm³/mol. The van der Waals surface area contributed by atoms with Crippen molar-refractivity contribution in [3.8, 4) is 0 Å². The molecule has 4 bridgehead atoms. The third-order valence-electron chi connectivity index (χ3n) is 4.11. The van der Waals surface area contributed by atoms with Crippen LogP contribution in [0.3, 0.4) is 0 Å². The van der Waals surface area contributed by atoms with E-state index in [9.17, 15) is 0 Å². The Morgan fingerprint density at radius 3 is 1.73 bits per heavy atom. The van der Waals surface area contributed by atoms with E-state index in [0.717, 1.165) is 29.0 Å². The van der Waals surface area contributed by atoms with Crippen LogP contribution in [0.15, 0.2) is 0 Å². The van der Waals surface area contributed by atoms with Crippen molar-refractivity contribution in [3.63, 3.8) is 0 Å². The fourth-order valence-electron chi connectivity index (χ4n) is 3.86. The Morgan fingerprint density at radius 1 is 0.818 bits per heavy atom. The van der Waals surface area contributed by atoms with E-state index in [0.29, 0.717) is 0 Å². The fraction of sp³-hybridized carbons (Fsp3) is 1.00. The van der Waals surface area contributed by atoms with Crippen LogP contribution in [0.4, 0.5) is 0 Å². The van der Waals surface area contributed by atoms with Gasteiger partial charge in [-0.05, 0) is 18.3 Å². The molecule has 0 radical (unpaired) electrons. The van der Waals surface area contributed by atoms with Gasteiger partial charge in [0.25, 0.3) is 0 Å². The maximum absolute atomic E-state index is 3.88. The lowest BCUT2D eigenvalue weighted by Crippen LogP contribution is -2.42. The molecule has 4 fully saturated rings. The van der Waals surface area contributed by atoms with Crippen LogP contribution in [-0.2, 0) is 0 Å². The molecule has 0 nitrogen and oxygen atoms in total. The number of rotatable bonds is 0. The van der Waals surface area contributed by atoms with Crippen LogP contribution < -0.4 is 0 Å². The maximum Gasteiger partial charge on any atom is 0.229 e. The van der Waals surface area contributed by atoms with Gasteiger partial charge >= 0.3 is 0 Å². The first-order chi connectivity index (χ1) is 5.33. The van der Waals surface area contributed by atoms with Crippen LogP contribution in [0, 0.1) is 11.8 Å². The molecule has 2 heterocycles. The van der Waals surface area contributed by atoms with Gasteiger partial charge in [0, 0.05) is 0 Å². The summed E-state index contributed by atoms with van der Waals surface area (Å²) in [5, 5.41) is 0. The normalized spacial score (nSPS) is 53.7. The van der Waals surface area contributed by atoms with E-state index in [1.807, 2.05) is 0 Å². The molecule has 0 spiro atoms. The molecule has 0 aromatic carbocycles. The van der Waals surface area contributed by atoms with E-state index in [4.69, 9.17) is 0 Å². The van der Waals surface area contributed by atoms with Crippen molar-refractivity contribution in [1.29, 1.82) is 0 Å². The molecule has 2 saturated heterocycles. The van der Waals surface area contributed by atoms with Gasteiger partial charge in [-0.15, -0.1) is 0 Å². The zero-order valence-corrected chi connectivity index (χ0v) is 8.39. The standard InChI is InChI=1S/C9H14BBr/c11-10-8-2-6-1-7(4-8)5-9(10)3-6/h6-9H,1-5H2. The van der Waals surface area contributed by atoms with Crippen LogP contribution >= 0.6 is 15.8 Å². The van der Waals surface area contributed by atoms with Crippen molar-refractivity contribution in [2.75, 3.05) is 0 Å². The lowest BCUT2D eigenvalue weighted by Gasteiger charge is -2.51. The van der Waals surface area contributed by atoms with E-state index in [1.165, 1.54) is 0 Å². The summed E-state index contributed by atoms with van der Waals surface area (Å²) in [7, 11) is 0. The number of hydrogen-bond donors (Lipinski definition) is 0. The van der Waals surface area contributed by atoms with Crippen LogP contribution in [-0.4, -0.2) is 5.54 Å². The minimum absolute atomic E-state index is 0.898. The second-order valence-electron chi connectivity index (χ2n) is 4.88. The number of hydrogen-bond acceptors (Lipinski definition) is 0. The summed E-state index contributed by atoms with van der Waals surface area (Å²) < 4.78 is 0. The molecule has 2 saturated carbocycles. The van der Waals surface area contributed by atoms with Gasteiger partial charge in [-0.25, -0.2) is 0 Å². The summed E-state index contributed by atoms with van der Waals surface area (Å²) in [5.74, 6) is 4.38. The van der Waals surface area contributed by atoms with Crippen LogP contribution in [0.2, 0.25) is 11.6 Å². The monoisotopic (exact) mass is 212 g/mol. The maximum atomic E-state index is 3.88. The summed E-state index contributed by atoms with van der Waals surface area (Å²) in [6.45, 7) is 0. The highest BCUT2D eigenvalue weighted by molar-refractivity contribution is 9.24. The van der Waals surface area contributed by atoms with E-state index in [1.54, 1.807) is 32.1 Å². The van der Waals surface area contributed by atoms with Crippen LogP contribution in [0.5, 0.6) is 0 Å². The Hall–Kier alpha value is 0.545. The summed E-state index contributed by atoms with van der Waals surface area (Å²) in [4.78, 5) is 0. The Morgan fingerprint density at radius 2 is 1.27 bits per heavy atom. The highest BCUT2D eigenvalue weighted by Crippen LogP contribution is 2.59. The smallest absolute Gasteiger partial charge is 0.156 e. The number of halogens is 1. The highest BCUT2D eigenvalue weighted by Gasteiger charge is 2.48. The zero-order chi connectivity index (χ0) is 7.42. The molecule has 0 unspecified atom stereocenters. The Balaban J connectivity index is 1.91. The molecule has 4 rings (SSSR count). The van der Waals surface area contributed by atoms with Gasteiger partial charge in [-0.3, -0.25) is 0 Å². The summed E-state index contributed by atoms with van der Waals surface area (Å²) in [5.41, 5.74) is 0.898. The Labute approximate surface area is 77.2 Å². The quantitative estimate of drug-likeness (QED) is 0.541. The predicted octanol–water partition coefficient (Wildman–Crippen LogP) is 3.34. The van der Waals surface area contributed by atoms with E-state index in [-0.39, 0.29) is 0 Å². The van der Waals surface area contributed by atoms with Gasteiger partial charge in [-0.1, -0.05) is 37.3 Å². The second-order valence-corrected chi connectivity index (χ2v) is 5.93. The Bertz CT molecular complexity index is 152. The van der Waals surface area contributed by atoms with Crippen molar-refractivity contribution >= 4 is 21.3 Å². The molecule has 0 N–H and O–H groups in total. The second kappa shape index (κ2) is 2.28. The largest absolute Gasteiger partial charge is 0.229 e. The average molecular weight is 213 g/mol. The average Bonchev–Trinajstić information content (AvgIpc) is 1.98. The molecule has 0 aromatic rings. The molecule has 2 aliphatic carbocycles. The van der Waals surface area contributed by atoms with Crippen molar-refractivity contribution in [2.45, 2.75) is 43.7 Å². The summed E-state index contributed by atoms with van der Waals surface area (Å²) in [6, 6.07) is 0. The highest BCUT2D eigenvalue weighted by atomic mass is 79.9. The van der Waals surface area contributed by atoms with Crippen molar-refractivity contribution < 1.29 is 0 Å². The van der Waals surface area contributed by atoms with Crippen LogP contribution in [0.25, 0.3) is 0 Å². The molecule has 60 valence electrons. The van der Waals surface area contributed by atoms with Crippen molar-refractivity contribution in [1.82, 2.24) is 0 Å². The van der Waals surface area contributed by atoms with Gasteiger partial charge in [0.1, 0.15) is 0 Å². The molecule has 4 aliphatic rings. The minimum atomic E-state index is 0.898. The Kier molecular flexibility index (Phi) is 1.45. The summed E-state index contributed by atoms with van der Waals surface area (Å²) in [6.07, 6.45) is 7.75. The summed E-state index contributed by atoms with van der Waals surface area (Å²) >= 11 is 3.88. The molecule has 0 aromatic heterocycles. The van der Waals surface area contributed by atoms with Gasteiger partial charge in [0.05, 0.1) is 0 Å². The first-order valence-corrected chi connectivity index (χ1v) is 5.88. The van der Waals surface area contributed by atoms with Gasteiger partial charge in [0.2, 0.25) is 5.54 Å². The fourth-order valence-corrected chi connectivity index (χ4v) is 4.72. The first-order valence-electron chi connectivity index (χ1n) is 4.97. The van der Waals surface area contributed by atoms with Gasteiger partial charge < -0.3 is 0 Å². The lowest BCUT2D eigenvalue weighted by atomic mass is 9.36. The molecule has 0 amide bonds. The third kappa shape index (κ3) is 0.945. The molecule has 0 atom stereocenters. The van der Waals surface area contributed by atoms with E-state index >= 15 is 0 Å². The lowest BCUT2D eigenvalue weighted by molar-refractivity contribution is 0.166.